The number of hydrogen-bond acceptors (Lipinski definition) is 3. The Hall–Kier alpha value is -2.43. The van der Waals surface area contributed by atoms with Gasteiger partial charge in [-0.05, 0) is 6.20 Å². The number of carbonyl (C=O) groups is 1. The molecule has 0 aliphatic rings. The van der Waals surface area contributed by atoms with Gasteiger partial charge in [0.1, 0.15) is 6.54 Å². The van der Waals surface area contributed by atoms with E-state index in [1.807, 2.05) is 48.5 Å². The largest absolute Gasteiger partial charge is 0.493 e. The highest BCUT2D eigenvalue weighted by Gasteiger charge is 2.23. The van der Waals surface area contributed by atoms with Crippen molar-refractivity contribution in [3.63, 3.8) is 0 Å². The second-order valence-electron chi connectivity index (χ2n) is 4.57. The molecule has 0 saturated carbocycles. The summed E-state index contributed by atoms with van der Waals surface area (Å²) in [6, 6.07) is 18.6. The van der Waals surface area contributed by atoms with E-state index in [1.54, 1.807) is 12.1 Å². The Kier molecular flexibility index (Phi) is 4.87. The Morgan fingerprint density at radius 3 is 2.29 bits per heavy atom. The molecule has 0 bridgehead atoms. The lowest BCUT2D eigenvalue weighted by atomic mass is 10.2. The minimum atomic E-state index is -0.629. The van der Waals surface area contributed by atoms with Gasteiger partial charge in [-0.2, -0.15) is 4.65 Å². The average Bonchev–Trinajstić information content (AvgIpc) is 2.54. The molecule has 2 aromatic rings. The van der Waals surface area contributed by atoms with Crippen LogP contribution in [0.5, 0.6) is 0 Å². The molecule has 1 unspecified atom stereocenters. The summed E-state index contributed by atoms with van der Waals surface area (Å²) in [6.07, 6.45) is 3.73. The molecule has 0 radical (unpaired) electrons. The molecule has 0 saturated heterocycles. The number of benzene rings is 2. The zero-order valence-corrected chi connectivity index (χ0v) is 11.8. The van der Waals surface area contributed by atoms with Gasteiger partial charge in [0, 0.05) is 17.7 Å². The summed E-state index contributed by atoms with van der Waals surface area (Å²) in [5.41, 5.74) is 1.57. The number of para-hydroxylation sites is 1. The number of carbonyl (C=O) groups excluding carboxylic acids is 1. The second kappa shape index (κ2) is 6.83. The summed E-state index contributed by atoms with van der Waals surface area (Å²) in [5, 5.41) is 10.9. The molecule has 0 spiro atoms. The van der Waals surface area contributed by atoms with Crippen LogP contribution in [0.2, 0.25) is 0 Å². The maximum absolute atomic E-state index is 11.3. The number of quaternary nitrogens is 1. The summed E-state index contributed by atoms with van der Waals surface area (Å²) in [4.78, 5) is 11.3. The Balaban J connectivity index is 2.34. The van der Waals surface area contributed by atoms with Crippen molar-refractivity contribution in [1.29, 1.82) is 0 Å². The molecule has 0 amide bonds. The fraction of sp³-hybridized carbons (Fsp3) is 0.118. The Morgan fingerprint density at radius 2 is 1.71 bits per heavy atom. The van der Waals surface area contributed by atoms with Crippen molar-refractivity contribution < 1.29 is 14.7 Å². The van der Waals surface area contributed by atoms with Crippen molar-refractivity contribution in [2.24, 2.45) is 0 Å². The van der Waals surface area contributed by atoms with Crippen LogP contribution in [0.4, 0.5) is 5.69 Å². The van der Waals surface area contributed by atoms with Crippen molar-refractivity contribution in [3.05, 3.63) is 78.5 Å². The minimum Gasteiger partial charge on any atom is -0.493 e. The van der Waals surface area contributed by atoms with Crippen LogP contribution in [-0.2, 0) is 16.1 Å². The molecule has 4 heteroatoms. The lowest BCUT2D eigenvalue weighted by Gasteiger charge is -2.29. The molecule has 2 aromatic carbocycles. The number of rotatable bonds is 5. The summed E-state index contributed by atoms with van der Waals surface area (Å²) in [5.74, 6) is -0.629. The normalized spacial score (nSPS) is 13.8. The van der Waals surface area contributed by atoms with Crippen molar-refractivity contribution >= 4 is 11.7 Å². The van der Waals surface area contributed by atoms with Crippen LogP contribution < -0.4 is 4.65 Å². The third-order valence-electron chi connectivity index (χ3n) is 3.05. The number of ether oxygens (including phenoxy) is 1. The Labute approximate surface area is 124 Å². The molecule has 21 heavy (non-hydrogen) atoms. The molecular formula is C17H17NO3. The first-order valence-electron chi connectivity index (χ1n) is 6.53. The van der Waals surface area contributed by atoms with Crippen molar-refractivity contribution in [2.75, 3.05) is 7.11 Å². The fourth-order valence-corrected chi connectivity index (χ4v) is 1.98. The lowest BCUT2D eigenvalue weighted by molar-refractivity contribution is -0.136. The number of nitrogens with zero attached hydrogens (tertiary/aromatic N) is 1. The van der Waals surface area contributed by atoms with Gasteiger partial charge in [0.05, 0.1) is 7.11 Å². The van der Waals surface area contributed by atoms with E-state index in [0.717, 1.165) is 5.56 Å². The maximum atomic E-state index is 11.3. The molecule has 2 rings (SSSR count). The Bertz CT molecular complexity index is 610. The van der Waals surface area contributed by atoms with Gasteiger partial charge in [-0.25, -0.2) is 5.21 Å². The topological polar surface area (TPSA) is 46.5 Å². The average molecular weight is 283 g/mol. The van der Waals surface area contributed by atoms with E-state index in [4.69, 9.17) is 0 Å². The first-order valence-corrected chi connectivity index (χ1v) is 6.53. The summed E-state index contributed by atoms with van der Waals surface area (Å²) in [7, 11) is 1.27. The summed E-state index contributed by atoms with van der Waals surface area (Å²) < 4.78 is 3.97. The lowest BCUT2D eigenvalue weighted by Crippen LogP contribution is -2.39. The zero-order valence-electron chi connectivity index (χ0n) is 11.8. The molecule has 1 N–H and O–H groups in total. The van der Waals surface area contributed by atoms with Gasteiger partial charge in [0.2, 0.25) is 0 Å². The maximum Gasteiger partial charge on any atom is 0.167 e. The summed E-state index contributed by atoms with van der Waals surface area (Å²) in [6.45, 7) is 0.287. The number of hydroxylamine groups is 2. The van der Waals surface area contributed by atoms with Gasteiger partial charge in [0.15, 0.2) is 11.7 Å². The molecule has 0 aliphatic heterocycles. The second-order valence-corrected chi connectivity index (χ2v) is 4.57. The SMILES string of the molecule is COC(=O)[C-]=C[N+](O)(Cc1ccccc1)c1ccccc1. The van der Waals surface area contributed by atoms with Crippen molar-refractivity contribution in [3.8, 4) is 0 Å². The van der Waals surface area contributed by atoms with Crippen LogP contribution >= 0.6 is 0 Å². The molecule has 0 aliphatic carbocycles. The van der Waals surface area contributed by atoms with E-state index in [2.05, 4.69) is 10.8 Å². The van der Waals surface area contributed by atoms with Crippen LogP contribution in [0.1, 0.15) is 5.56 Å². The predicted octanol–water partition coefficient (Wildman–Crippen LogP) is 3.07. The molecule has 0 aromatic heterocycles. The van der Waals surface area contributed by atoms with Crippen LogP contribution in [0, 0.1) is 6.08 Å². The molecule has 0 heterocycles. The van der Waals surface area contributed by atoms with Crippen LogP contribution in [-0.4, -0.2) is 18.3 Å². The first-order chi connectivity index (χ1) is 10.1. The van der Waals surface area contributed by atoms with E-state index in [1.165, 1.54) is 13.3 Å². The fourth-order valence-electron chi connectivity index (χ4n) is 1.98. The zero-order chi connectivity index (χ0) is 15.1. The molecular weight excluding hydrogens is 266 g/mol. The van der Waals surface area contributed by atoms with E-state index >= 15 is 0 Å². The number of hydrogen-bond donors (Lipinski definition) is 1. The van der Waals surface area contributed by atoms with Gasteiger partial charge in [-0.1, -0.05) is 48.5 Å². The van der Waals surface area contributed by atoms with Gasteiger partial charge in [-0.15, -0.1) is 0 Å². The number of esters is 1. The first kappa shape index (κ1) is 15.0. The van der Waals surface area contributed by atoms with Crippen LogP contribution in [0.25, 0.3) is 0 Å². The van der Waals surface area contributed by atoms with Gasteiger partial charge in [0.25, 0.3) is 0 Å². The molecule has 1 atom stereocenters. The third-order valence-corrected chi connectivity index (χ3v) is 3.05. The molecule has 0 fully saturated rings. The third kappa shape index (κ3) is 4.02. The minimum absolute atomic E-state index is 0.287. The highest BCUT2D eigenvalue weighted by molar-refractivity contribution is 5.77. The van der Waals surface area contributed by atoms with Crippen LogP contribution in [0.15, 0.2) is 66.9 Å². The highest BCUT2D eigenvalue weighted by Crippen LogP contribution is 2.24. The highest BCUT2D eigenvalue weighted by atomic mass is 16.5. The standard InChI is InChI=1S/C17H17NO3/c1-21-17(19)12-13-18(20,16-10-6-3-7-11-16)14-15-8-4-2-5-9-15/h2-11,13,20H,14H2,1H3. The van der Waals surface area contributed by atoms with Crippen LogP contribution in [0.3, 0.4) is 0 Å². The summed E-state index contributed by atoms with van der Waals surface area (Å²) >= 11 is 0. The smallest absolute Gasteiger partial charge is 0.167 e. The Morgan fingerprint density at radius 1 is 1.14 bits per heavy atom. The molecule has 4 nitrogen and oxygen atoms in total. The van der Waals surface area contributed by atoms with E-state index in [0.29, 0.717) is 5.69 Å². The van der Waals surface area contributed by atoms with E-state index < -0.39 is 10.6 Å². The van der Waals surface area contributed by atoms with Gasteiger partial charge >= 0.3 is 0 Å². The van der Waals surface area contributed by atoms with Gasteiger partial charge in [-0.3, -0.25) is 4.79 Å². The quantitative estimate of drug-likeness (QED) is 0.301. The van der Waals surface area contributed by atoms with Gasteiger partial charge < -0.3 is 10.8 Å². The van der Waals surface area contributed by atoms with E-state index in [9.17, 15) is 10.0 Å². The predicted molar refractivity (Wildman–Crippen MR) is 80.0 cm³/mol. The molecule has 108 valence electrons. The number of methoxy groups -OCH3 is 1. The van der Waals surface area contributed by atoms with Crippen molar-refractivity contribution in [1.82, 2.24) is 4.65 Å². The van der Waals surface area contributed by atoms with E-state index in [-0.39, 0.29) is 6.54 Å². The van der Waals surface area contributed by atoms with Crippen molar-refractivity contribution in [2.45, 2.75) is 6.54 Å². The monoisotopic (exact) mass is 283 g/mol.